The Labute approximate surface area is 198 Å². The number of hydrogen-bond donors (Lipinski definition) is 1. The number of amides is 1. The molecule has 0 aliphatic carbocycles. The number of hydrogen-bond acceptors (Lipinski definition) is 4. The van der Waals surface area contributed by atoms with Gasteiger partial charge in [0.15, 0.2) is 0 Å². The molecule has 3 heterocycles. The van der Waals surface area contributed by atoms with Gasteiger partial charge in [-0.15, -0.1) is 0 Å². The summed E-state index contributed by atoms with van der Waals surface area (Å²) in [6.07, 6.45) is 3.54. The van der Waals surface area contributed by atoms with Crippen LogP contribution >= 0.6 is 11.6 Å². The van der Waals surface area contributed by atoms with E-state index in [0.717, 1.165) is 16.6 Å². The fourth-order valence-corrected chi connectivity index (χ4v) is 4.28. The van der Waals surface area contributed by atoms with Crippen molar-refractivity contribution in [3.8, 4) is 16.9 Å². The summed E-state index contributed by atoms with van der Waals surface area (Å²) in [7, 11) is 0. The molecule has 1 amide bonds. The minimum Gasteiger partial charge on any atom is -0.422 e. The van der Waals surface area contributed by atoms with Crippen molar-refractivity contribution in [2.75, 3.05) is 5.32 Å². The second-order valence-electron chi connectivity index (χ2n) is 7.90. The van der Waals surface area contributed by atoms with Gasteiger partial charge in [-0.1, -0.05) is 54.1 Å². The standard InChI is InChI=1S/C27H16ClN3O3/c28-18-10-11-20-21(26(32)29-23(20)14-18)13-17-15-31(19-7-2-1-3-8-19)30-25(17)22-12-16-6-4-5-9-24(16)34-27(22)33/h1-15H,(H,29,32)/b21-13+. The minimum atomic E-state index is -0.500. The first-order chi connectivity index (χ1) is 16.6. The lowest BCUT2D eigenvalue weighted by molar-refractivity contribution is -0.110. The Morgan fingerprint density at radius 3 is 2.56 bits per heavy atom. The summed E-state index contributed by atoms with van der Waals surface area (Å²) in [5.41, 5.74) is 4.01. The molecule has 0 atom stereocenters. The Morgan fingerprint density at radius 2 is 1.71 bits per heavy atom. The van der Waals surface area contributed by atoms with E-state index < -0.39 is 5.63 Å². The normalized spacial score (nSPS) is 13.9. The molecule has 1 aliphatic rings. The third-order valence-corrected chi connectivity index (χ3v) is 5.96. The predicted octanol–water partition coefficient (Wildman–Crippen LogP) is 5.79. The number of nitrogens with zero attached hydrogens (tertiary/aromatic N) is 2. The Balaban J connectivity index is 1.58. The van der Waals surface area contributed by atoms with Crippen LogP contribution in [-0.4, -0.2) is 15.7 Å². The molecular weight excluding hydrogens is 450 g/mol. The van der Waals surface area contributed by atoms with Gasteiger partial charge in [0.2, 0.25) is 0 Å². The highest BCUT2D eigenvalue weighted by Gasteiger charge is 2.26. The lowest BCUT2D eigenvalue weighted by Gasteiger charge is -2.02. The molecule has 6 nitrogen and oxygen atoms in total. The molecule has 7 heteroatoms. The molecule has 0 fully saturated rings. The maximum Gasteiger partial charge on any atom is 0.345 e. The average molecular weight is 466 g/mol. The summed E-state index contributed by atoms with van der Waals surface area (Å²) >= 11 is 6.09. The topological polar surface area (TPSA) is 77.1 Å². The number of para-hydroxylation sites is 2. The first-order valence-electron chi connectivity index (χ1n) is 10.6. The smallest absolute Gasteiger partial charge is 0.345 e. The molecular formula is C27H16ClN3O3. The van der Waals surface area contributed by atoms with E-state index in [1.165, 1.54) is 0 Å². The van der Waals surface area contributed by atoms with E-state index >= 15 is 0 Å². The summed E-state index contributed by atoms with van der Waals surface area (Å²) in [6, 6.07) is 23.9. The molecule has 0 unspecified atom stereocenters. The highest BCUT2D eigenvalue weighted by Crippen LogP contribution is 2.36. The fourth-order valence-electron chi connectivity index (χ4n) is 4.11. The highest BCUT2D eigenvalue weighted by atomic mass is 35.5. The molecule has 164 valence electrons. The van der Waals surface area contributed by atoms with E-state index in [4.69, 9.17) is 21.1 Å². The zero-order valence-electron chi connectivity index (χ0n) is 17.7. The highest BCUT2D eigenvalue weighted by molar-refractivity contribution is 6.36. The van der Waals surface area contributed by atoms with Crippen molar-refractivity contribution in [1.82, 2.24) is 9.78 Å². The van der Waals surface area contributed by atoms with Gasteiger partial charge in [0.05, 0.1) is 16.9 Å². The lowest BCUT2D eigenvalue weighted by atomic mass is 10.0. The quantitative estimate of drug-likeness (QED) is 0.270. The molecule has 1 aliphatic heterocycles. The van der Waals surface area contributed by atoms with Crippen LogP contribution in [0, 0.1) is 0 Å². The third-order valence-electron chi connectivity index (χ3n) is 5.72. The lowest BCUT2D eigenvalue weighted by Crippen LogP contribution is -2.05. The predicted molar refractivity (Wildman–Crippen MR) is 133 cm³/mol. The summed E-state index contributed by atoms with van der Waals surface area (Å²) in [4.78, 5) is 25.7. The zero-order valence-corrected chi connectivity index (χ0v) is 18.4. The van der Waals surface area contributed by atoms with Crippen molar-refractivity contribution < 1.29 is 9.21 Å². The first-order valence-corrected chi connectivity index (χ1v) is 11.0. The van der Waals surface area contributed by atoms with E-state index in [1.807, 2.05) is 48.5 Å². The molecule has 0 saturated carbocycles. The SMILES string of the molecule is O=C1Nc2cc(Cl)ccc2/C1=C\c1cn(-c2ccccc2)nc1-c1cc2ccccc2oc1=O. The van der Waals surface area contributed by atoms with Crippen molar-refractivity contribution in [2.24, 2.45) is 0 Å². The summed E-state index contributed by atoms with van der Waals surface area (Å²) in [5.74, 6) is -0.249. The molecule has 0 radical (unpaired) electrons. The van der Waals surface area contributed by atoms with Crippen LogP contribution in [0.25, 0.3) is 39.6 Å². The minimum absolute atomic E-state index is 0.249. The third kappa shape index (κ3) is 3.41. The van der Waals surface area contributed by atoms with E-state index in [0.29, 0.717) is 38.7 Å². The van der Waals surface area contributed by atoms with Gasteiger partial charge in [-0.25, -0.2) is 9.48 Å². The largest absolute Gasteiger partial charge is 0.422 e. The van der Waals surface area contributed by atoms with E-state index in [-0.39, 0.29) is 5.91 Å². The fraction of sp³-hybridized carbons (Fsp3) is 0. The van der Waals surface area contributed by atoms with E-state index in [1.54, 1.807) is 47.3 Å². The van der Waals surface area contributed by atoms with Crippen molar-refractivity contribution >= 4 is 45.8 Å². The zero-order chi connectivity index (χ0) is 23.2. The van der Waals surface area contributed by atoms with Crippen molar-refractivity contribution in [3.63, 3.8) is 0 Å². The number of aromatic nitrogens is 2. The second kappa shape index (κ2) is 7.86. The van der Waals surface area contributed by atoms with Crippen LogP contribution < -0.4 is 10.9 Å². The van der Waals surface area contributed by atoms with E-state index in [9.17, 15) is 9.59 Å². The van der Waals surface area contributed by atoms with E-state index in [2.05, 4.69) is 5.32 Å². The van der Waals surface area contributed by atoms with Gasteiger partial charge in [-0.2, -0.15) is 5.10 Å². The molecule has 1 N–H and O–H groups in total. The Morgan fingerprint density at radius 1 is 0.912 bits per heavy atom. The molecule has 5 aromatic rings. The van der Waals surface area contributed by atoms with Gasteiger partial charge in [0.25, 0.3) is 5.91 Å². The van der Waals surface area contributed by atoms with Crippen LogP contribution in [0.4, 0.5) is 5.69 Å². The summed E-state index contributed by atoms with van der Waals surface area (Å²) in [5, 5.41) is 8.87. The van der Waals surface area contributed by atoms with Gasteiger partial charge >= 0.3 is 5.63 Å². The van der Waals surface area contributed by atoms with Gasteiger partial charge < -0.3 is 9.73 Å². The molecule has 6 rings (SSSR count). The van der Waals surface area contributed by atoms with Gasteiger partial charge in [-0.3, -0.25) is 4.79 Å². The number of carbonyl (C=O) groups is 1. The van der Waals surface area contributed by atoms with Crippen LogP contribution in [0.2, 0.25) is 5.02 Å². The number of rotatable bonds is 3. The van der Waals surface area contributed by atoms with Crippen LogP contribution in [0.3, 0.4) is 0 Å². The van der Waals surface area contributed by atoms with Crippen LogP contribution in [0.1, 0.15) is 11.1 Å². The summed E-state index contributed by atoms with van der Waals surface area (Å²) < 4.78 is 7.24. The summed E-state index contributed by atoms with van der Waals surface area (Å²) in [6.45, 7) is 0. The Bertz CT molecular complexity index is 1680. The van der Waals surface area contributed by atoms with Crippen molar-refractivity contribution in [1.29, 1.82) is 0 Å². The number of fused-ring (bicyclic) bond motifs is 2. The molecule has 34 heavy (non-hydrogen) atoms. The molecule has 0 spiro atoms. The molecule has 3 aromatic carbocycles. The van der Waals surface area contributed by atoms with Gasteiger partial charge in [0, 0.05) is 33.3 Å². The number of anilines is 1. The van der Waals surface area contributed by atoms with Crippen LogP contribution in [-0.2, 0) is 4.79 Å². The van der Waals surface area contributed by atoms with Gasteiger partial charge in [-0.05, 0) is 42.5 Å². The number of nitrogens with one attached hydrogen (secondary N) is 1. The maximum absolute atomic E-state index is 12.9. The van der Waals surface area contributed by atoms with Crippen LogP contribution in [0.15, 0.2) is 94.3 Å². The molecule has 2 aromatic heterocycles. The Hall–Kier alpha value is -4.42. The Kier molecular flexibility index (Phi) is 4.67. The number of halogens is 1. The second-order valence-corrected chi connectivity index (χ2v) is 8.34. The first kappa shape index (κ1) is 20.2. The monoisotopic (exact) mass is 465 g/mol. The van der Waals surface area contributed by atoms with Crippen molar-refractivity contribution in [3.05, 3.63) is 112 Å². The molecule has 0 saturated heterocycles. The number of benzene rings is 3. The number of carbonyl (C=O) groups excluding carboxylic acids is 1. The van der Waals surface area contributed by atoms with Gasteiger partial charge in [0.1, 0.15) is 11.3 Å². The average Bonchev–Trinajstić information content (AvgIpc) is 3.40. The van der Waals surface area contributed by atoms with Crippen molar-refractivity contribution in [2.45, 2.75) is 0 Å². The maximum atomic E-state index is 12.9. The molecule has 0 bridgehead atoms. The van der Waals surface area contributed by atoms with Crippen LogP contribution in [0.5, 0.6) is 0 Å².